The minimum atomic E-state index is 0.235. The predicted octanol–water partition coefficient (Wildman–Crippen LogP) is 1.72. The lowest BCUT2D eigenvalue weighted by atomic mass is 10.3. The summed E-state index contributed by atoms with van der Waals surface area (Å²) in [6.07, 6.45) is 5.41. The van der Waals surface area contributed by atoms with Crippen LogP contribution < -0.4 is 5.32 Å². The van der Waals surface area contributed by atoms with Crippen molar-refractivity contribution in [3.63, 3.8) is 0 Å². The first kappa shape index (κ1) is 11.5. The van der Waals surface area contributed by atoms with E-state index in [1.54, 1.807) is 0 Å². The van der Waals surface area contributed by atoms with Crippen LogP contribution in [0.1, 0.15) is 39.0 Å². The first-order valence-electron chi connectivity index (χ1n) is 5.70. The van der Waals surface area contributed by atoms with Crippen LogP contribution in [0.4, 0.5) is 0 Å². The maximum atomic E-state index is 11.2. The van der Waals surface area contributed by atoms with Crippen LogP contribution in [0.3, 0.4) is 0 Å². The third-order valence-corrected chi connectivity index (χ3v) is 2.36. The Morgan fingerprint density at radius 1 is 1.36 bits per heavy atom. The molecule has 1 fully saturated rings. The molecule has 0 bridgehead atoms. The standard InChI is InChI=1S/C11H21NO2/c1-2-3-8-14-9-4-7-12-11(13)10-5-6-10/h10H,2-9H2,1H3,(H,12,13). The molecule has 1 aliphatic rings. The van der Waals surface area contributed by atoms with E-state index in [1.165, 1.54) is 6.42 Å². The summed E-state index contributed by atoms with van der Waals surface area (Å²) in [6.45, 7) is 4.54. The van der Waals surface area contributed by atoms with E-state index in [0.29, 0.717) is 5.92 Å². The number of unbranched alkanes of at least 4 members (excludes halogenated alkanes) is 1. The van der Waals surface area contributed by atoms with Crippen LogP contribution in [0.15, 0.2) is 0 Å². The van der Waals surface area contributed by atoms with Crippen molar-refractivity contribution in [2.75, 3.05) is 19.8 Å². The average Bonchev–Trinajstić information content (AvgIpc) is 2.99. The van der Waals surface area contributed by atoms with Gasteiger partial charge in [-0.3, -0.25) is 4.79 Å². The third kappa shape index (κ3) is 5.22. The fourth-order valence-electron chi connectivity index (χ4n) is 1.22. The molecule has 3 nitrogen and oxygen atoms in total. The number of hydrogen-bond acceptors (Lipinski definition) is 2. The molecule has 0 heterocycles. The van der Waals surface area contributed by atoms with E-state index in [9.17, 15) is 4.79 Å². The summed E-state index contributed by atoms with van der Waals surface area (Å²) in [5.41, 5.74) is 0. The molecule has 0 unspecified atom stereocenters. The predicted molar refractivity (Wildman–Crippen MR) is 56.1 cm³/mol. The van der Waals surface area contributed by atoms with Crippen molar-refractivity contribution in [1.29, 1.82) is 0 Å². The van der Waals surface area contributed by atoms with Crippen LogP contribution in [-0.2, 0) is 9.53 Å². The SMILES string of the molecule is CCCCOCCCNC(=O)C1CC1. The number of amides is 1. The summed E-state index contributed by atoms with van der Waals surface area (Å²) in [4.78, 5) is 11.2. The summed E-state index contributed by atoms with van der Waals surface area (Å²) in [6, 6.07) is 0. The van der Waals surface area contributed by atoms with Gasteiger partial charge in [0, 0.05) is 25.7 Å². The molecule has 1 amide bonds. The molecule has 1 rings (SSSR count). The van der Waals surface area contributed by atoms with E-state index in [-0.39, 0.29) is 5.91 Å². The van der Waals surface area contributed by atoms with Gasteiger partial charge in [0.1, 0.15) is 0 Å². The van der Waals surface area contributed by atoms with Gasteiger partial charge in [-0.05, 0) is 25.7 Å². The van der Waals surface area contributed by atoms with Crippen LogP contribution in [0, 0.1) is 5.92 Å². The van der Waals surface area contributed by atoms with Crippen molar-refractivity contribution < 1.29 is 9.53 Å². The Balaban J connectivity index is 1.77. The molecule has 0 radical (unpaired) electrons. The second kappa shape index (κ2) is 6.82. The maximum Gasteiger partial charge on any atom is 0.223 e. The molecule has 0 aromatic carbocycles. The van der Waals surface area contributed by atoms with Gasteiger partial charge in [0.25, 0.3) is 0 Å². The maximum absolute atomic E-state index is 11.2. The zero-order valence-electron chi connectivity index (χ0n) is 9.05. The Bertz CT molecular complexity index is 167. The highest BCUT2D eigenvalue weighted by atomic mass is 16.5. The van der Waals surface area contributed by atoms with Gasteiger partial charge in [0.05, 0.1) is 0 Å². The van der Waals surface area contributed by atoms with Gasteiger partial charge in [-0.1, -0.05) is 13.3 Å². The lowest BCUT2D eigenvalue weighted by Gasteiger charge is -2.04. The summed E-state index contributed by atoms with van der Waals surface area (Å²) in [5.74, 6) is 0.564. The molecule has 82 valence electrons. The van der Waals surface area contributed by atoms with Gasteiger partial charge in [0.15, 0.2) is 0 Å². The van der Waals surface area contributed by atoms with Gasteiger partial charge >= 0.3 is 0 Å². The lowest BCUT2D eigenvalue weighted by molar-refractivity contribution is -0.122. The zero-order chi connectivity index (χ0) is 10.2. The highest BCUT2D eigenvalue weighted by Gasteiger charge is 2.28. The van der Waals surface area contributed by atoms with Gasteiger partial charge in [-0.2, -0.15) is 0 Å². The normalized spacial score (nSPS) is 15.5. The minimum absolute atomic E-state index is 0.235. The molecular formula is C11H21NO2. The van der Waals surface area contributed by atoms with Crippen LogP contribution in [0.2, 0.25) is 0 Å². The van der Waals surface area contributed by atoms with Crippen LogP contribution >= 0.6 is 0 Å². The molecule has 0 aromatic heterocycles. The molecule has 0 aromatic rings. The second-order valence-corrected chi connectivity index (χ2v) is 3.88. The fourth-order valence-corrected chi connectivity index (χ4v) is 1.22. The summed E-state index contributed by atoms with van der Waals surface area (Å²) in [5, 5.41) is 2.92. The molecule has 1 N–H and O–H groups in total. The zero-order valence-corrected chi connectivity index (χ0v) is 9.05. The third-order valence-electron chi connectivity index (χ3n) is 2.36. The van der Waals surface area contributed by atoms with Crippen molar-refractivity contribution >= 4 is 5.91 Å². The number of ether oxygens (including phenoxy) is 1. The fraction of sp³-hybridized carbons (Fsp3) is 0.909. The van der Waals surface area contributed by atoms with Gasteiger partial charge in [-0.25, -0.2) is 0 Å². The van der Waals surface area contributed by atoms with E-state index in [2.05, 4.69) is 12.2 Å². The Kier molecular flexibility index (Phi) is 5.60. The van der Waals surface area contributed by atoms with E-state index in [0.717, 1.165) is 45.4 Å². The van der Waals surface area contributed by atoms with E-state index in [4.69, 9.17) is 4.74 Å². The number of nitrogens with one attached hydrogen (secondary N) is 1. The van der Waals surface area contributed by atoms with Crippen LogP contribution in [0.5, 0.6) is 0 Å². The molecule has 0 spiro atoms. The molecule has 0 atom stereocenters. The number of rotatable bonds is 8. The van der Waals surface area contributed by atoms with E-state index in [1.807, 2.05) is 0 Å². The minimum Gasteiger partial charge on any atom is -0.381 e. The Morgan fingerprint density at radius 2 is 2.07 bits per heavy atom. The molecule has 3 heteroatoms. The monoisotopic (exact) mass is 199 g/mol. The summed E-state index contributed by atoms with van der Waals surface area (Å²) < 4.78 is 5.38. The van der Waals surface area contributed by atoms with Crippen LogP contribution in [0.25, 0.3) is 0 Å². The largest absolute Gasteiger partial charge is 0.381 e. The number of carbonyl (C=O) groups excluding carboxylic acids is 1. The van der Waals surface area contributed by atoms with Crippen LogP contribution in [-0.4, -0.2) is 25.7 Å². The van der Waals surface area contributed by atoms with Crippen molar-refractivity contribution in [2.45, 2.75) is 39.0 Å². The second-order valence-electron chi connectivity index (χ2n) is 3.88. The summed E-state index contributed by atoms with van der Waals surface area (Å²) in [7, 11) is 0. The highest BCUT2D eigenvalue weighted by molar-refractivity contribution is 5.80. The molecule has 1 saturated carbocycles. The van der Waals surface area contributed by atoms with Crippen molar-refractivity contribution in [2.24, 2.45) is 5.92 Å². The molecule has 14 heavy (non-hydrogen) atoms. The Labute approximate surface area is 86.2 Å². The Hall–Kier alpha value is -0.570. The topological polar surface area (TPSA) is 38.3 Å². The molecule has 0 saturated heterocycles. The lowest BCUT2D eigenvalue weighted by Crippen LogP contribution is -2.26. The molecule has 0 aliphatic heterocycles. The van der Waals surface area contributed by atoms with Crippen molar-refractivity contribution in [3.8, 4) is 0 Å². The van der Waals surface area contributed by atoms with Gasteiger partial charge in [-0.15, -0.1) is 0 Å². The quantitative estimate of drug-likeness (QED) is 0.604. The van der Waals surface area contributed by atoms with E-state index < -0.39 is 0 Å². The van der Waals surface area contributed by atoms with Crippen molar-refractivity contribution in [3.05, 3.63) is 0 Å². The first-order chi connectivity index (χ1) is 6.84. The number of carbonyl (C=O) groups is 1. The smallest absolute Gasteiger partial charge is 0.223 e. The van der Waals surface area contributed by atoms with Gasteiger partial charge in [0.2, 0.25) is 5.91 Å². The first-order valence-corrected chi connectivity index (χ1v) is 5.70. The molecular weight excluding hydrogens is 178 g/mol. The Morgan fingerprint density at radius 3 is 2.71 bits per heavy atom. The molecule has 1 aliphatic carbocycles. The summed E-state index contributed by atoms with van der Waals surface area (Å²) >= 11 is 0. The van der Waals surface area contributed by atoms with E-state index >= 15 is 0 Å². The van der Waals surface area contributed by atoms with Gasteiger partial charge < -0.3 is 10.1 Å². The number of hydrogen-bond donors (Lipinski definition) is 1. The highest BCUT2D eigenvalue weighted by Crippen LogP contribution is 2.28. The average molecular weight is 199 g/mol. The van der Waals surface area contributed by atoms with Crippen molar-refractivity contribution in [1.82, 2.24) is 5.32 Å².